The van der Waals surface area contributed by atoms with E-state index in [1.165, 1.54) is 12.1 Å². The Balaban J connectivity index is 1.88. The van der Waals surface area contributed by atoms with Crippen LogP contribution in [-0.4, -0.2) is 0 Å². The third kappa shape index (κ3) is 3.08. The van der Waals surface area contributed by atoms with Crippen LogP contribution in [0.15, 0.2) is 52.9 Å². The van der Waals surface area contributed by atoms with Crippen LogP contribution in [0.4, 0.5) is 4.39 Å². The molecule has 1 unspecified atom stereocenters. The van der Waals surface area contributed by atoms with Crippen LogP contribution >= 0.6 is 11.6 Å². The number of fused-ring (bicyclic) bond motifs is 1. The largest absolute Gasteiger partial charge is 0.459 e. The van der Waals surface area contributed by atoms with Crippen molar-refractivity contribution in [2.24, 2.45) is 5.84 Å². The Morgan fingerprint density at radius 1 is 1.14 bits per heavy atom. The number of nitrogens with two attached hydrogens (primary N) is 1. The first-order chi connectivity index (χ1) is 10.2. The SMILES string of the molecule is NNC(Cc1ccc(F)cc1)c1cc2cc(Cl)ccc2o1. The van der Waals surface area contributed by atoms with E-state index in [2.05, 4.69) is 5.43 Å². The van der Waals surface area contributed by atoms with Crippen molar-refractivity contribution in [3.63, 3.8) is 0 Å². The molecule has 3 N–H and O–H groups in total. The van der Waals surface area contributed by atoms with E-state index in [9.17, 15) is 4.39 Å². The smallest absolute Gasteiger partial charge is 0.134 e. The molecule has 3 aromatic rings. The van der Waals surface area contributed by atoms with Gasteiger partial charge in [0.1, 0.15) is 17.2 Å². The molecule has 108 valence electrons. The predicted molar refractivity (Wildman–Crippen MR) is 81.4 cm³/mol. The Hall–Kier alpha value is -1.88. The van der Waals surface area contributed by atoms with Gasteiger partial charge in [-0.05, 0) is 48.4 Å². The van der Waals surface area contributed by atoms with Crippen LogP contribution in [0.25, 0.3) is 11.0 Å². The summed E-state index contributed by atoms with van der Waals surface area (Å²) >= 11 is 5.97. The molecule has 21 heavy (non-hydrogen) atoms. The van der Waals surface area contributed by atoms with E-state index in [1.807, 2.05) is 18.2 Å². The fourth-order valence-corrected chi connectivity index (χ4v) is 2.48. The zero-order valence-electron chi connectivity index (χ0n) is 11.1. The van der Waals surface area contributed by atoms with Gasteiger partial charge in [-0.2, -0.15) is 0 Å². The Kier molecular flexibility index (Phi) is 3.92. The highest BCUT2D eigenvalue weighted by atomic mass is 35.5. The van der Waals surface area contributed by atoms with E-state index in [1.54, 1.807) is 18.2 Å². The third-order valence-electron chi connectivity index (χ3n) is 3.40. The van der Waals surface area contributed by atoms with Crippen LogP contribution in [0.3, 0.4) is 0 Å². The molecule has 0 saturated carbocycles. The molecule has 3 nitrogen and oxygen atoms in total. The molecule has 0 aliphatic heterocycles. The summed E-state index contributed by atoms with van der Waals surface area (Å²) in [6.07, 6.45) is 0.602. The van der Waals surface area contributed by atoms with Crippen LogP contribution in [0, 0.1) is 5.82 Å². The molecule has 0 fully saturated rings. The minimum absolute atomic E-state index is 0.193. The van der Waals surface area contributed by atoms with E-state index in [4.69, 9.17) is 21.9 Å². The third-order valence-corrected chi connectivity index (χ3v) is 3.63. The lowest BCUT2D eigenvalue weighted by molar-refractivity contribution is 0.434. The van der Waals surface area contributed by atoms with Crippen molar-refractivity contribution in [1.82, 2.24) is 5.43 Å². The number of halogens is 2. The quantitative estimate of drug-likeness (QED) is 0.566. The molecule has 1 heterocycles. The van der Waals surface area contributed by atoms with Gasteiger partial charge in [-0.25, -0.2) is 9.82 Å². The highest BCUT2D eigenvalue weighted by molar-refractivity contribution is 6.31. The summed E-state index contributed by atoms with van der Waals surface area (Å²) in [5.74, 6) is 6.09. The number of hydrogen-bond acceptors (Lipinski definition) is 3. The van der Waals surface area contributed by atoms with E-state index in [-0.39, 0.29) is 11.9 Å². The number of rotatable bonds is 4. The number of furan rings is 1. The van der Waals surface area contributed by atoms with Crippen molar-refractivity contribution in [3.8, 4) is 0 Å². The number of benzene rings is 2. The molecule has 0 spiro atoms. The predicted octanol–water partition coefficient (Wildman–Crippen LogP) is 3.97. The Bertz CT molecular complexity index is 755. The lowest BCUT2D eigenvalue weighted by Gasteiger charge is -2.13. The molecule has 2 aromatic carbocycles. The van der Waals surface area contributed by atoms with Crippen LogP contribution < -0.4 is 11.3 Å². The van der Waals surface area contributed by atoms with Gasteiger partial charge in [0.15, 0.2) is 0 Å². The van der Waals surface area contributed by atoms with Crippen molar-refractivity contribution in [1.29, 1.82) is 0 Å². The molecular weight excluding hydrogens is 291 g/mol. The normalized spacial score (nSPS) is 12.7. The van der Waals surface area contributed by atoms with E-state index in [0.717, 1.165) is 22.3 Å². The summed E-state index contributed by atoms with van der Waals surface area (Å²) in [5.41, 5.74) is 4.46. The maximum absolute atomic E-state index is 12.9. The summed E-state index contributed by atoms with van der Waals surface area (Å²) in [7, 11) is 0. The van der Waals surface area contributed by atoms with Gasteiger partial charge < -0.3 is 4.42 Å². The van der Waals surface area contributed by atoms with Crippen LogP contribution in [-0.2, 0) is 6.42 Å². The highest BCUT2D eigenvalue weighted by Gasteiger charge is 2.16. The fourth-order valence-electron chi connectivity index (χ4n) is 2.30. The van der Waals surface area contributed by atoms with Crippen molar-refractivity contribution >= 4 is 22.6 Å². The first kappa shape index (κ1) is 14.1. The molecule has 0 bridgehead atoms. The van der Waals surface area contributed by atoms with Gasteiger partial charge in [-0.3, -0.25) is 5.84 Å². The Morgan fingerprint density at radius 3 is 2.62 bits per heavy atom. The lowest BCUT2D eigenvalue weighted by atomic mass is 10.0. The van der Waals surface area contributed by atoms with Crippen molar-refractivity contribution in [2.45, 2.75) is 12.5 Å². The van der Waals surface area contributed by atoms with Crippen LogP contribution in [0.2, 0.25) is 5.02 Å². The molecular formula is C16H14ClFN2O. The summed E-state index contributed by atoms with van der Waals surface area (Å²) in [6.45, 7) is 0. The van der Waals surface area contributed by atoms with Gasteiger partial charge in [-0.15, -0.1) is 0 Å². The molecule has 5 heteroatoms. The summed E-state index contributed by atoms with van der Waals surface area (Å²) in [4.78, 5) is 0. The topological polar surface area (TPSA) is 51.2 Å². The van der Waals surface area contributed by atoms with Crippen molar-refractivity contribution in [2.75, 3.05) is 0 Å². The Labute approximate surface area is 126 Å². The zero-order valence-corrected chi connectivity index (χ0v) is 11.9. The summed E-state index contributed by atoms with van der Waals surface area (Å²) < 4.78 is 18.7. The lowest BCUT2D eigenvalue weighted by Crippen LogP contribution is -2.29. The van der Waals surface area contributed by atoms with Gasteiger partial charge in [0.2, 0.25) is 0 Å². The molecule has 1 atom stereocenters. The highest BCUT2D eigenvalue weighted by Crippen LogP contribution is 2.27. The molecule has 0 aliphatic carbocycles. The molecule has 0 radical (unpaired) electrons. The fraction of sp³-hybridized carbons (Fsp3) is 0.125. The second-order valence-corrected chi connectivity index (χ2v) is 5.32. The van der Waals surface area contributed by atoms with Gasteiger partial charge in [0, 0.05) is 10.4 Å². The maximum Gasteiger partial charge on any atom is 0.134 e. The molecule has 1 aromatic heterocycles. The first-order valence-electron chi connectivity index (χ1n) is 6.55. The monoisotopic (exact) mass is 304 g/mol. The minimum Gasteiger partial charge on any atom is -0.459 e. The zero-order chi connectivity index (χ0) is 14.8. The number of hydrogen-bond donors (Lipinski definition) is 2. The van der Waals surface area contributed by atoms with Gasteiger partial charge in [-0.1, -0.05) is 23.7 Å². The number of nitrogens with one attached hydrogen (secondary N) is 1. The summed E-state index contributed by atoms with van der Waals surface area (Å²) in [5, 5.41) is 1.59. The average molecular weight is 305 g/mol. The van der Waals surface area contributed by atoms with E-state index < -0.39 is 0 Å². The van der Waals surface area contributed by atoms with Gasteiger partial charge in [0.25, 0.3) is 0 Å². The average Bonchev–Trinajstić information content (AvgIpc) is 2.89. The van der Waals surface area contributed by atoms with Crippen LogP contribution in [0.1, 0.15) is 17.4 Å². The van der Waals surface area contributed by atoms with E-state index in [0.29, 0.717) is 11.4 Å². The second kappa shape index (κ2) is 5.85. The standard InChI is InChI=1S/C16H14ClFN2O/c17-12-3-6-15-11(8-12)9-16(21-15)14(20-19)7-10-1-4-13(18)5-2-10/h1-6,8-9,14,20H,7,19H2. The van der Waals surface area contributed by atoms with Crippen LogP contribution in [0.5, 0.6) is 0 Å². The molecule has 0 amide bonds. The van der Waals surface area contributed by atoms with Gasteiger partial charge >= 0.3 is 0 Å². The minimum atomic E-state index is -0.255. The van der Waals surface area contributed by atoms with E-state index >= 15 is 0 Å². The number of hydrazine groups is 1. The maximum atomic E-state index is 12.9. The van der Waals surface area contributed by atoms with Crippen molar-refractivity contribution in [3.05, 3.63) is 70.7 Å². The van der Waals surface area contributed by atoms with Gasteiger partial charge in [0.05, 0.1) is 6.04 Å². The molecule has 0 saturated heterocycles. The molecule has 0 aliphatic rings. The first-order valence-corrected chi connectivity index (χ1v) is 6.93. The Morgan fingerprint density at radius 2 is 1.90 bits per heavy atom. The second-order valence-electron chi connectivity index (χ2n) is 4.88. The summed E-state index contributed by atoms with van der Waals surface area (Å²) in [6, 6.07) is 13.5. The molecule has 3 rings (SSSR count). The van der Waals surface area contributed by atoms with Crippen molar-refractivity contribution < 1.29 is 8.81 Å².